The molecule has 0 atom stereocenters. The van der Waals surface area contributed by atoms with Gasteiger partial charge < -0.3 is 18.9 Å². The van der Waals surface area contributed by atoms with Crippen molar-refractivity contribution in [3.8, 4) is 23.0 Å². The minimum atomic E-state index is 0.801. The van der Waals surface area contributed by atoms with Gasteiger partial charge in [-0.1, -0.05) is 48.6 Å². The van der Waals surface area contributed by atoms with Crippen molar-refractivity contribution in [2.75, 3.05) is 28.4 Å². The zero-order valence-corrected chi connectivity index (χ0v) is 26.9. The van der Waals surface area contributed by atoms with E-state index < -0.39 is 0 Å². The van der Waals surface area contributed by atoms with Crippen LogP contribution >= 0.6 is 0 Å². The Labute approximate surface area is 261 Å². The summed E-state index contributed by atoms with van der Waals surface area (Å²) in [5.41, 5.74) is 13.0. The number of benzene rings is 4. The summed E-state index contributed by atoms with van der Waals surface area (Å²) in [4.78, 5) is 0. The highest BCUT2D eigenvalue weighted by Crippen LogP contribution is 2.33. The van der Waals surface area contributed by atoms with E-state index in [0.29, 0.717) is 0 Å². The fourth-order valence-electron chi connectivity index (χ4n) is 5.57. The maximum Gasteiger partial charge on any atom is 0.126 e. The smallest absolute Gasteiger partial charge is 0.126 e. The lowest BCUT2D eigenvalue weighted by atomic mass is 9.97. The molecule has 4 heteroatoms. The van der Waals surface area contributed by atoms with Crippen molar-refractivity contribution in [3.63, 3.8) is 0 Å². The molecule has 10 aliphatic rings. The number of hydrogen-bond acceptors (Lipinski definition) is 4. The van der Waals surface area contributed by atoms with E-state index in [4.69, 9.17) is 18.9 Å². The van der Waals surface area contributed by atoms with Gasteiger partial charge in [-0.3, -0.25) is 0 Å². The molecule has 0 spiro atoms. The van der Waals surface area contributed by atoms with E-state index in [2.05, 4.69) is 125 Å². The number of rotatable bonds is 4. The van der Waals surface area contributed by atoms with Crippen LogP contribution in [-0.4, -0.2) is 28.4 Å². The van der Waals surface area contributed by atoms with Gasteiger partial charge in [-0.2, -0.15) is 0 Å². The molecule has 4 aromatic rings. The van der Waals surface area contributed by atoms with Crippen LogP contribution in [0.3, 0.4) is 0 Å². The largest absolute Gasteiger partial charge is 0.496 e. The molecule has 8 bridgehead atoms. The fourth-order valence-corrected chi connectivity index (χ4v) is 5.57. The van der Waals surface area contributed by atoms with Gasteiger partial charge in [0.2, 0.25) is 0 Å². The maximum atomic E-state index is 5.82. The zero-order valence-electron chi connectivity index (χ0n) is 26.9. The van der Waals surface area contributed by atoms with Crippen LogP contribution in [0.2, 0.25) is 0 Å². The van der Waals surface area contributed by atoms with Gasteiger partial charge in [0, 0.05) is 22.3 Å². The van der Waals surface area contributed by atoms with Crippen LogP contribution in [0.25, 0.3) is 48.6 Å². The Morgan fingerprint density at radius 3 is 0.636 bits per heavy atom. The highest BCUT2D eigenvalue weighted by atomic mass is 16.5. The van der Waals surface area contributed by atoms with Crippen LogP contribution < -0.4 is 18.9 Å². The van der Waals surface area contributed by atoms with E-state index >= 15 is 0 Å². The molecule has 0 heterocycles. The minimum Gasteiger partial charge on any atom is -0.496 e. The standard InChI is InChI=1S/C40H40O4/c1-25-17-33-13-11-31-23-39(43-7)35(19-27(31)3)15-16-36-20-28(4)32(24-40(36)44-8)12-14-34-18-26(2)30(22-38(34)42-6)10-9-29(25)21-37(33)41-5/h9-24H,1-8H3/b10-9-,13-11-,14-12-,16-15-,29-9?,30-10?,31-11?,32-12?,33-13?,34-14?,35-15?,36-16?. The Morgan fingerprint density at radius 2 is 0.455 bits per heavy atom. The maximum absolute atomic E-state index is 5.82. The molecule has 0 aromatic heterocycles. The molecule has 4 nitrogen and oxygen atoms in total. The predicted molar refractivity (Wildman–Crippen MR) is 187 cm³/mol. The third kappa shape index (κ3) is 6.35. The third-order valence-corrected chi connectivity index (χ3v) is 8.24. The Hall–Kier alpha value is -4.96. The molecule has 10 aliphatic carbocycles. The zero-order chi connectivity index (χ0) is 31.4. The predicted octanol–water partition coefficient (Wildman–Crippen LogP) is 9.95. The average Bonchev–Trinajstić information content (AvgIpc) is 3.02. The first kappa shape index (κ1) is 30.5. The van der Waals surface area contributed by atoms with Crippen molar-refractivity contribution in [3.05, 3.63) is 115 Å². The molecule has 14 rings (SSSR count). The number of ether oxygens (including phenoxy) is 4. The molecule has 0 fully saturated rings. The summed E-state index contributed by atoms with van der Waals surface area (Å²) in [6, 6.07) is 17.0. The van der Waals surface area contributed by atoms with Gasteiger partial charge in [-0.25, -0.2) is 0 Å². The normalized spacial score (nSPS) is 15.1. The quantitative estimate of drug-likeness (QED) is 0.211. The van der Waals surface area contributed by atoms with E-state index in [1.807, 2.05) is 0 Å². The molecule has 0 radical (unpaired) electrons. The van der Waals surface area contributed by atoms with Gasteiger partial charge in [-0.15, -0.1) is 0 Å². The topological polar surface area (TPSA) is 36.9 Å². The Bertz CT molecular complexity index is 1700. The number of methoxy groups -OCH3 is 4. The lowest BCUT2D eigenvalue weighted by molar-refractivity contribution is 0.413. The van der Waals surface area contributed by atoms with Crippen molar-refractivity contribution in [1.82, 2.24) is 0 Å². The molecule has 44 heavy (non-hydrogen) atoms. The molecule has 0 N–H and O–H groups in total. The van der Waals surface area contributed by atoms with Crippen molar-refractivity contribution < 1.29 is 18.9 Å². The first-order valence-electron chi connectivity index (χ1n) is 14.7. The van der Waals surface area contributed by atoms with E-state index in [0.717, 1.165) is 89.8 Å². The SMILES string of the molecule is COc1cc2c(C)cc1/C=C\c1cc(OC)c(cc1C)/C=C\c1cc(C)c(cc1OC)/C=C\c1cc(C)c(cc1OC)/C=C\2. The highest BCUT2D eigenvalue weighted by molar-refractivity contribution is 5.83. The van der Waals surface area contributed by atoms with Crippen molar-refractivity contribution >= 4 is 48.6 Å². The molecule has 0 saturated heterocycles. The highest BCUT2D eigenvalue weighted by Gasteiger charge is 2.11. The number of hydrogen-bond donors (Lipinski definition) is 0. The second-order valence-electron chi connectivity index (χ2n) is 11.1. The van der Waals surface area contributed by atoms with Crippen LogP contribution in [0.5, 0.6) is 23.0 Å². The van der Waals surface area contributed by atoms with Crippen LogP contribution in [0.4, 0.5) is 0 Å². The molecule has 0 amide bonds. The molecule has 4 aromatic carbocycles. The van der Waals surface area contributed by atoms with Crippen molar-refractivity contribution in [2.24, 2.45) is 0 Å². The molecular formula is C40H40O4. The van der Waals surface area contributed by atoms with Gasteiger partial charge in [0.25, 0.3) is 0 Å². The lowest BCUT2D eigenvalue weighted by Crippen LogP contribution is -1.94. The van der Waals surface area contributed by atoms with E-state index in [-0.39, 0.29) is 0 Å². The summed E-state index contributed by atoms with van der Waals surface area (Å²) in [7, 11) is 6.84. The monoisotopic (exact) mass is 584 g/mol. The fraction of sp³-hybridized carbons (Fsp3) is 0.200. The van der Waals surface area contributed by atoms with Crippen LogP contribution in [0.15, 0.2) is 48.5 Å². The van der Waals surface area contributed by atoms with Gasteiger partial charge in [0.15, 0.2) is 0 Å². The van der Waals surface area contributed by atoms with Gasteiger partial charge >= 0.3 is 0 Å². The van der Waals surface area contributed by atoms with Gasteiger partial charge in [-0.05, 0) is 121 Å². The lowest BCUT2D eigenvalue weighted by Gasteiger charge is -2.13. The molecule has 0 unspecified atom stereocenters. The summed E-state index contributed by atoms with van der Waals surface area (Å²) in [6.07, 6.45) is 16.9. The molecular weight excluding hydrogens is 544 g/mol. The molecule has 224 valence electrons. The third-order valence-electron chi connectivity index (χ3n) is 8.24. The van der Waals surface area contributed by atoms with E-state index in [1.54, 1.807) is 28.4 Å². The van der Waals surface area contributed by atoms with Gasteiger partial charge in [0.05, 0.1) is 28.4 Å². The van der Waals surface area contributed by atoms with Crippen LogP contribution in [-0.2, 0) is 0 Å². The van der Waals surface area contributed by atoms with E-state index in [9.17, 15) is 0 Å². The first-order valence-corrected chi connectivity index (χ1v) is 14.7. The summed E-state index contributed by atoms with van der Waals surface area (Å²) >= 11 is 0. The van der Waals surface area contributed by atoms with Crippen molar-refractivity contribution in [1.29, 1.82) is 0 Å². The van der Waals surface area contributed by atoms with Crippen LogP contribution in [0.1, 0.15) is 66.8 Å². The summed E-state index contributed by atoms with van der Waals surface area (Å²) < 4.78 is 23.3. The summed E-state index contributed by atoms with van der Waals surface area (Å²) in [5.74, 6) is 3.23. The van der Waals surface area contributed by atoms with Crippen LogP contribution in [0, 0.1) is 27.7 Å². The average molecular weight is 585 g/mol. The summed E-state index contributed by atoms with van der Waals surface area (Å²) in [5, 5.41) is 0. The second kappa shape index (κ2) is 13.1. The summed E-state index contributed by atoms with van der Waals surface area (Å²) in [6.45, 7) is 8.49. The first-order chi connectivity index (χ1) is 21.2. The molecule has 0 saturated carbocycles. The Morgan fingerprint density at radius 1 is 0.273 bits per heavy atom. The second-order valence-corrected chi connectivity index (χ2v) is 11.1. The Balaban J connectivity index is 1.72. The van der Waals surface area contributed by atoms with Crippen molar-refractivity contribution in [2.45, 2.75) is 27.7 Å². The van der Waals surface area contributed by atoms with Gasteiger partial charge in [0.1, 0.15) is 23.0 Å². The molecule has 0 aliphatic heterocycles. The van der Waals surface area contributed by atoms with E-state index in [1.165, 1.54) is 0 Å². The minimum absolute atomic E-state index is 0.801. The number of aryl methyl sites for hydroxylation is 4. The Kier molecular flexibility index (Phi) is 9.10.